The molecule has 13 heavy (non-hydrogen) atoms. The largest absolute Gasteiger partial charge is 0.481 e. The molecular formula is C8H15NO4. The van der Waals surface area contributed by atoms with E-state index in [1.807, 2.05) is 0 Å². The molecular weight excluding hydrogens is 174 g/mol. The number of Topliss-reactive ketones (excluding diaryl/α,β-unsaturated/α-hetero) is 1. The summed E-state index contributed by atoms with van der Waals surface area (Å²) in [4.78, 5) is 20.2. The van der Waals surface area contributed by atoms with Gasteiger partial charge in [0.15, 0.2) is 0 Å². The minimum absolute atomic E-state index is 0.0475. The summed E-state index contributed by atoms with van der Waals surface area (Å²) >= 11 is 0. The zero-order valence-corrected chi connectivity index (χ0v) is 7.40. The Balaban J connectivity index is 0.000000293. The van der Waals surface area contributed by atoms with E-state index >= 15 is 0 Å². The molecule has 1 aliphatic carbocycles. The highest BCUT2D eigenvalue weighted by atomic mass is 16.4. The predicted octanol–water partition coefficient (Wildman–Crippen LogP) is -0.480. The smallest absolute Gasteiger partial charge is 0.303 e. The first-order chi connectivity index (χ1) is 6.06. The first-order valence-electron chi connectivity index (χ1n) is 4.18. The van der Waals surface area contributed by atoms with Crippen molar-refractivity contribution < 1.29 is 19.8 Å². The van der Waals surface area contributed by atoms with Gasteiger partial charge in [-0.25, -0.2) is 0 Å². The number of ketones is 1. The van der Waals surface area contributed by atoms with Gasteiger partial charge in [-0.15, -0.1) is 0 Å². The van der Waals surface area contributed by atoms with E-state index in [9.17, 15) is 9.59 Å². The summed E-state index contributed by atoms with van der Waals surface area (Å²) in [6.45, 7) is -0.0622. The van der Waals surface area contributed by atoms with E-state index in [0.717, 1.165) is 12.8 Å². The zero-order valence-electron chi connectivity index (χ0n) is 7.40. The van der Waals surface area contributed by atoms with Crippen molar-refractivity contribution in [3.8, 4) is 0 Å². The van der Waals surface area contributed by atoms with Crippen LogP contribution < -0.4 is 5.73 Å². The van der Waals surface area contributed by atoms with Gasteiger partial charge in [0.1, 0.15) is 5.78 Å². The molecule has 1 rings (SSSR count). The Kier molecular flexibility index (Phi) is 6.09. The molecule has 1 aliphatic rings. The molecule has 5 nitrogen and oxygen atoms in total. The standard InChI is InChI=1S/C5H9NO3.C3H6O/c6-3-4(7)1-2-5(8)9;4-3-1-2-3/h1-3,6H2,(H,8,9);3-4H,1-2H2. The van der Waals surface area contributed by atoms with Crippen LogP contribution in [0.2, 0.25) is 0 Å². The van der Waals surface area contributed by atoms with Gasteiger partial charge in [-0.3, -0.25) is 9.59 Å². The summed E-state index contributed by atoms with van der Waals surface area (Å²) in [5, 5.41) is 16.2. The minimum atomic E-state index is -0.961. The number of aliphatic carboxylic acids is 1. The number of nitrogens with two attached hydrogens (primary N) is 1. The SMILES string of the molecule is NCC(=O)CCC(=O)O.OC1CC1. The van der Waals surface area contributed by atoms with E-state index < -0.39 is 5.97 Å². The van der Waals surface area contributed by atoms with E-state index in [-0.39, 0.29) is 31.3 Å². The lowest BCUT2D eigenvalue weighted by Crippen LogP contribution is -2.14. The van der Waals surface area contributed by atoms with Crippen molar-refractivity contribution in [1.82, 2.24) is 0 Å². The Morgan fingerprint density at radius 2 is 1.77 bits per heavy atom. The molecule has 0 saturated heterocycles. The second-order valence-corrected chi connectivity index (χ2v) is 2.87. The molecule has 0 aromatic rings. The molecule has 5 heteroatoms. The fraction of sp³-hybridized carbons (Fsp3) is 0.750. The van der Waals surface area contributed by atoms with Gasteiger partial charge in [-0.05, 0) is 12.8 Å². The summed E-state index contributed by atoms with van der Waals surface area (Å²) in [5.41, 5.74) is 4.92. The van der Waals surface area contributed by atoms with Crippen LogP contribution in [0, 0.1) is 0 Å². The summed E-state index contributed by atoms with van der Waals surface area (Å²) in [5.74, 6) is -1.17. The summed E-state index contributed by atoms with van der Waals surface area (Å²) < 4.78 is 0. The van der Waals surface area contributed by atoms with Gasteiger partial charge in [-0.2, -0.15) is 0 Å². The molecule has 0 heterocycles. The van der Waals surface area contributed by atoms with Crippen LogP contribution in [0.25, 0.3) is 0 Å². The Morgan fingerprint density at radius 1 is 1.31 bits per heavy atom. The predicted molar refractivity (Wildman–Crippen MR) is 46.2 cm³/mol. The van der Waals surface area contributed by atoms with Crippen LogP contribution in [0.15, 0.2) is 0 Å². The summed E-state index contributed by atoms with van der Waals surface area (Å²) in [6.07, 6.45) is 2.10. The molecule has 0 unspecified atom stereocenters. The van der Waals surface area contributed by atoms with Crippen molar-refractivity contribution in [3.05, 3.63) is 0 Å². The van der Waals surface area contributed by atoms with Crippen LogP contribution in [0.4, 0.5) is 0 Å². The number of hydrogen-bond donors (Lipinski definition) is 3. The van der Waals surface area contributed by atoms with Crippen LogP contribution >= 0.6 is 0 Å². The third kappa shape index (κ3) is 11.1. The highest BCUT2D eigenvalue weighted by molar-refractivity contribution is 5.83. The monoisotopic (exact) mass is 189 g/mol. The Hall–Kier alpha value is -0.940. The number of carboxylic acid groups (broad SMARTS) is 1. The van der Waals surface area contributed by atoms with Crippen molar-refractivity contribution in [3.63, 3.8) is 0 Å². The first-order valence-corrected chi connectivity index (χ1v) is 4.18. The second kappa shape index (κ2) is 6.56. The number of carboxylic acids is 1. The number of aliphatic hydroxyl groups excluding tert-OH is 1. The van der Waals surface area contributed by atoms with Gasteiger partial charge < -0.3 is 15.9 Å². The molecule has 1 fully saturated rings. The Labute approximate surface area is 76.5 Å². The van der Waals surface area contributed by atoms with Crippen molar-refractivity contribution in [2.24, 2.45) is 5.73 Å². The lowest BCUT2D eigenvalue weighted by atomic mass is 10.2. The quantitative estimate of drug-likeness (QED) is 0.554. The molecule has 1 saturated carbocycles. The van der Waals surface area contributed by atoms with Gasteiger partial charge in [-0.1, -0.05) is 0 Å². The van der Waals surface area contributed by atoms with Gasteiger partial charge in [0.2, 0.25) is 0 Å². The van der Waals surface area contributed by atoms with Crippen molar-refractivity contribution in [2.75, 3.05) is 6.54 Å². The zero-order chi connectivity index (χ0) is 10.3. The van der Waals surface area contributed by atoms with E-state index in [1.54, 1.807) is 0 Å². The number of carbonyl (C=O) groups excluding carboxylic acids is 1. The number of carbonyl (C=O) groups is 2. The normalized spacial score (nSPS) is 14.3. The van der Waals surface area contributed by atoms with E-state index in [4.69, 9.17) is 15.9 Å². The van der Waals surface area contributed by atoms with Gasteiger partial charge >= 0.3 is 5.97 Å². The lowest BCUT2D eigenvalue weighted by Gasteiger charge is -1.90. The molecule has 0 amide bonds. The van der Waals surface area contributed by atoms with Crippen molar-refractivity contribution in [1.29, 1.82) is 0 Å². The maximum atomic E-state index is 10.3. The fourth-order valence-corrected chi connectivity index (χ4v) is 0.423. The molecule has 76 valence electrons. The molecule has 0 aliphatic heterocycles. The first kappa shape index (κ1) is 12.1. The van der Waals surface area contributed by atoms with E-state index in [1.165, 1.54) is 0 Å². The average molecular weight is 189 g/mol. The highest BCUT2D eigenvalue weighted by Gasteiger charge is 2.15. The molecule has 0 aromatic carbocycles. The second-order valence-electron chi connectivity index (χ2n) is 2.87. The van der Waals surface area contributed by atoms with Crippen LogP contribution in [0.1, 0.15) is 25.7 Å². The number of rotatable bonds is 4. The van der Waals surface area contributed by atoms with Gasteiger partial charge in [0, 0.05) is 6.42 Å². The van der Waals surface area contributed by atoms with Crippen molar-refractivity contribution in [2.45, 2.75) is 31.8 Å². The summed E-state index contributed by atoms with van der Waals surface area (Å²) in [6, 6.07) is 0. The van der Waals surface area contributed by atoms with Crippen LogP contribution in [0.3, 0.4) is 0 Å². The van der Waals surface area contributed by atoms with Gasteiger partial charge in [0.25, 0.3) is 0 Å². The maximum Gasteiger partial charge on any atom is 0.303 e. The molecule has 0 atom stereocenters. The summed E-state index contributed by atoms with van der Waals surface area (Å²) in [7, 11) is 0. The third-order valence-corrected chi connectivity index (χ3v) is 1.39. The topological polar surface area (TPSA) is 101 Å². The third-order valence-electron chi connectivity index (χ3n) is 1.39. The minimum Gasteiger partial charge on any atom is -0.481 e. The van der Waals surface area contributed by atoms with Crippen molar-refractivity contribution >= 4 is 11.8 Å². The maximum absolute atomic E-state index is 10.3. The number of hydrogen-bond acceptors (Lipinski definition) is 4. The molecule has 0 spiro atoms. The average Bonchev–Trinajstić information content (AvgIpc) is 2.84. The Morgan fingerprint density at radius 3 is 2.00 bits per heavy atom. The highest BCUT2D eigenvalue weighted by Crippen LogP contribution is 2.16. The fourth-order valence-electron chi connectivity index (χ4n) is 0.423. The molecule has 4 N–H and O–H groups in total. The van der Waals surface area contributed by atoms with E-state index in [2.05, 4.69) is 0 Å². The molecule has 0 aromatic heterocycles. The Bertz CT molecular complexity index is 177. The van der Waals surface area contributed by atoms with Crippen LogP contribution in [-0.4, -0.2) is 34.6 Å². The van der Waals surface area contributed by atoms with Gasteiger partial charge in [0.05, 0.1) is 19.1 Å². The van der Waals surface area contributed by atoms with E-state index in [0.29, 0.717) is 0 Å². The number of aliphatic hydroxyl groups is 1. The lowest BCUT2D eigenvalue weighted by molar-refractivity contribution is -0.138. The van der Waals surface area contributed by atoms with Crippen LogP contribution in [0.5, 0.6) is 0 Å². The molecule has 0 radical (unpaired) electrons. The molecule has 0 bridgehead atoms. The van der Waals surface area contributed by atoms with Crippen LogP contribution in [-0.2, 0) is 9.59 Å².